The van der Waals surface area contributed by atoms with Gasteiger partial charge in [0, 0.05) is 13.1 Å². The smallest absolute Gasteiger partial charge is 0.302 e. The van der Waals surface area contributed by atoms with Crippen LogP contribution in [0.4, 0.5) is 5.69 Å². The molecule has 0 aliphatic carbocycles. The first-order valence-corrected chi connectivity index (χ1v) is 8.52. The Bertz CT molecular complexity index is 774. The summed E-state index contributed by atoms with van der Waals surface area (Å²) in [5.74, 6) is 0.503. The maximum Gasteiger partial charge on any atom is 0.302 e. The van der Waals surface area contributed by atoms with Gasteiger partial charge < -0.3 is 4.74 Å². The molecule has 1 aliphatic rings. The zero-order chi connectivity index (χ0) is 15.6. The molecule has 6 heteroatoms. The van der Waals surface area contributed by atoms with Crippen LogP contribution in [0.15, 0.2) is 48.5 Å². The summed E-state index contributed by atoms with van der Waals surface area (Å²) in [6.45, 7) is 0.863. The standard InChI is InChI=1S/C16H18N2O3S/c1-21-16-9-5-4-8-15(16)17-22(19,20)18-11-10-13-6-2-3-7-14(13)12-18/h2-9,17H,10-12H2,1H3. The third kappa shape index (κ3) is 2.93. The Balaban J connectivity index is 1.82. The van der Waals surface area contributed by atoms with Crippen LogP contribution in [0.2, 0.25) is 0 Å². The van der Waals surface area contributed by atoms with Crippen molar-refractivity contribution in [3.63, 3.8) is 0 Å². The fourth-order valence-electron chi connectivity index (χ4n) is 2.61. The van der Waals surface area contributed by atoms with Gasteiger partial charge in [-0.05, 0) is 29.7 Å². The van der Waals surface area contributed by atoms with E-state index in [2.05, 4.69) is 4.72 Å². The van der Waals surface area contributed by atoms with Gasteiger partial charge in [0.25, 0.3) is 0 Å². The van der Waals surface area contributed by atoms with Crippen LogP contribution in [0.5, 0.6) is 5.75 Å². The number of hydrogen-bond donors (Lipinski definition) is 1. The largest absolute Gasteiger partial charge is 0.495 e. The lowest BCUT2D eigenvalue weighted by Gasteiger charge is -2.28. The zero-order valence-electron chi connectivity index (χ0n) is 12.3. The summed E-state index contributed by atoms with van der Waals surface area (Å²) in [5, 5.41) is 0. The Hall–Kier alpha value is -2.05. The van der Waals surface area contributed by atoms with E-state index >= 15 is 0 Å². The van der Waals surface area contributed by atoms with E-state index in [0.717, 1.165) is 12.0 Å². The number of para-hydroxylation sites is 2. The summed E-state index contributed by atoms with van der Waals surface area (Å²) in [4.78, 5) is 0. The van der Waals surface area contributed by atoms with Crippen molar-refractivity contribution in [2.75, 3.05) is 18.4 Å². The fraction of sp³-hybridized carbons (Fsp3) is 0.250. The molecule has 0 unspecified atom stereocenters. The lowest BCUT2D eigenvalue weighted by atomic mass is 10.0. The maximum atomic E-state index is 12.6. The number of fused-ring (bicyclic) bond motifs is 1. The van der Waals surface area contributed by atoms with Crippen molar-refractivity contribution in [2.24, 2.45) is 0 Å². The van der Waals surface area contributed by atoms with Crippen LogP contribution in [-0.4, -0.2) is 26.4 Å². The molecule has 0 aromatic heterocycles. The third-order valence-electron chi connectivity index (χ3n) is 3.78. The van der Waals surface area contributed by atoms with E-state index in [1.807, 2.05) is 24.3 Å². The van der Waals surface area contributed by atoms with Crippen molar-refractivity contribution in [3.05, 3.63) is 59.7 Å². The number of benzene rings is 2. The second-order valence-electron chi connectivity index (χ2n) is 5.16. The molecular formula is C16H18N2O3S. The van der Waals surface area contributed by atoms with Crippen molar-refractivity contribution in [3.8, 4) is 5.75 Å². The molecule has 1 heterocycles. The van der Waals surface area contributed by atoms with Crippen molar-refractivity contribution < 1.29 is 13.2 Å². The number of rotatable bonds is 4. The van der Waals surface area contributed by atoms with E-state index in [-0.39, 0.29) is 0 Å². The van der Waals surface area contributed by atoms with Crippen LogP contribution >= 0.6 is 0 Å². The molecule has 0 bridgehead atoms. The molecule has 2 aromatic rings. The Labute approximate surface area is 130 Å². The van der Waals surface area contributed by atoms with Crippen LogP contribution in [0.25, 0.3) is 0 Å². The highest BCUT2D eigenvalue weighted by atomic mass is 32.2. The molecule has 5 nitrogen and oxygen atoms in total. The van der Waals surface area contributed by atoms with Crippen molar-refractivity contribution >= 4 is 15.9 Å². The average molecular weight is 318 g/mol. The van der Waals surface area contributed by atoms with Gasteiger partial charge in [-0.2, -0.15) is 12.7 Å². The van der Waals surface area contributed by atoms with Gasteiger partial charge in [0.1, 0.15) is 5.75 Å². The van der Waals surface area contributed by atoms with E-state index in [1.54, 1.807) is 24.3 Å². The number of hydrogen-bond acceptors (Lipinski definition) is 3. The monoisotopic (exact) mass is 318 g/mol. The van der Waals surface area contributed by atoms with Crippen LogP contribution in [0.1, 0.15) is 11.1 Å². The lowest BCUT2D eigenvalue weighted by Crippen LogP contribution is -2.39. The number of methoxy groups -OCH3 is 1. The summed E-state index contributed by atoms with van der Waals surface area (Å²) >= 11 is 0. The molecule has 1 N–H and O–H groups in total. The SMILES string of the molecule is COc1ccccc1NS(=O)(=O)N1CCc2ccccc2C1. The summed E-state index contributed by atoms with van der Waals surface area (Å²) in [6.07, 6.45) is 0.725. The summed E-state index contributed by atoms with van der Waals surface area (Å²) < 4.78 is 34.4. The van der Waals surface area contributed by atoms with Crippen LogP contribution < -0.4 is 9.46 Å². The van der Waals surface area contributed by atoms with Crippen molar-refractivity contribution in [2.45, 2.75) is 13.0 Å². The quantitative estimate of drug-likeness (QED) is 0.942. The molecule has 0 atom stereocenters. The normalized spacial score (nSPS) is 15.1. The number of ether oxygens (including phenoxy) is 1. The lowest BCUT2D eigenvalue weighted by molar-refractivity contribution is 0.393. The number of nitrogens with zero attached hydrogens (tertiary/aromatic N) is 1. The highest BCUT2D eigenvalue weighted by Gasteiger charge is 2.27. The number of nitrogens with one attached hydrogen (secondary N) is 1. The van der Waals surface area contributed by atoms with Crippen molar-refractivity contribution in [1.82, 2.24) is 4.31 Å². The van der Waals surface area contributed by atoms with Gasteiger partial charge >= 0.3 is 10.2 Å². The topological polar surface area (TPSA) is 58.6 Å². The Morgan fingerprint density at radius 3 is 2.50 bits per heavy atom. The van der Waals surface area contributed by atoms with E-state index in [1.165, 1.54) is 17.0 Å². The number of anilines is 1. The fourth-order valence-corrected chi connectivity index (χ4v) is 3.82. The molecule has 0 fully saturated rings. The summed E-state index contributed by atoms with van der Waals surface area (Å²) in [5.41, 5.74) is 2.72. The summed E-state index contributed by atoms with van der Waals surface area (Å²) in [7, 11) is -2.09. The molecule has 22 heavy (non-hydrogen) atoms. The Morgan fingerprint density at radius 1 is 1.05 bits per heavy atom. The highest BCUT2D eigenvalue weighted by Crippen LogP contribution is 2.27. The molecule has 0 amide bonds. The molecule has 1 aliphatic heterocycles. The van der Waals surface area contributed by atoms with Gasteiger partial charge in [-0.15, -0.1) is 0 Å². The first-order valence-electron chi connectivity index (χ1n) is 7.08. The molecule has 0 spiro atoms. The minimum atomic E-state index is -3.61. The molecule has 116 valence electrons. The third-order valence-corrected chi connectivity index (χ3v) is 5.25. The summed E-state index contributed by atoms with van der Waals surface area (Å²) in [6, 6.07) is 14.9. The molecule has 0 saturated carbocycles. The van der Waals surface area contributed by atoms with Gasteiger partial charge in [0.2, 0.25) is 0 Å². The second-order valence-corrected chi connectivity index (χ2v) is 6.83. The van der Waals surface area contributed by atoms with E-state index in [4.69, 9.17) is 4.74 Å². The first kappa shape index (κ1) is 14.9. The molecular weight excluding hydrogens is 300 g/mol. The minimum Gasteiger partial charge on any atom is -0.495 e. The predicted molar refractivity (Wildman–Crippen MR) is 86.1 cm³/mol. The van der Waals surface area contributed by atoms with E-state index in [0.29, 0.717) is 24.5 Å². The van der Waals surface area contributed by atoms with Crippen LogP contribution in [0, 0.1) is 0 Å². The first-order chi connectivity index (χ1) is 10.6. The van der Waals surface area contributed by atoms with Crippen LogP contribution in [0.3, 0.4) is 0 Å². The van der Waals surface area contributed by atoms with E-state index in [9.17, 15) is 8.42 Å². The maximum absolute atomic E-state index is 12.6. The molecule has 0 saturated heterocycles. The molecule has 2 aromatic carbocycles. The Kier molecular flexibility index (Phi) is 4.04. The van der Waals surface area contributed by atoms with Gasteiger partial charge in [-0.1, -0.05) is 36.4 Å². The molecule has 0 radical (unpaired) electrons. The van der Waals surface area contributed by atoms with Crippen LogP contribution in [-0.2, 0) is 23.2 Å². The Morgan fingerprint density at radius 2 is 1.73 bits per heavy atom. The molecule has 3 rings (SSSR count). The predicted octanol–water partition coefficient (Wildman–Crippen LogP) is 2.41. The zero-order valence-corrected chi connectivity index (χ0v) is 13.1. The van der Waals surface area contributed by atoms with Crippen molar-refractivity contribution in [1.29, 1.82) is 0 Å². The van der Waals surface area contributed by atoms with Gasteiger partial charge in [-0.25, -0.2) is 0 Å². The van der Waals surface area contributed by atoms with E-state index < -0.39 is 10.2 Å². The minimum absolute atomic E-state index is 0.390. The van der Waals surface area contributed by atoms with Gasteiger partial charge in [0.05, 0.1) is 12.8 Å². The second kappa shape index (κ2) is 5.98. The average Bonchev–Trinajstić information content (AvgIpc) is 2.54. The highest BCUT2D eigenvalue weighted by molar-refractivity contribution is 7.90. The van der Waals surface area contributed by atoms with Gasteiger partial charge in [0.15, 0.2) is 0 Å². The van der Waals surface area contributed by atoms with Gasteiger partial charge in [-0.3, -0.25) is 4.72 Å².